The van der Waals surface area contributed by atoms with Crippen LogP contribution in [0.2, 0.25) is 0 Å². The Morgan fingerprint density at radius 1 is 1.23 bits per heavy atom. The summed E-state index contributed by atoms with van der Waals surface area (Å²) < 4.78 is 40.0. The molecular weight excluding hydrogens is 428 g/mol. The lowest BCUT2D eigenvalue weighted by atomic mass is 10.2. The largest absolute Gasteiger partial charge is 0.465 e. The molecule has 154 valence electrons. The van der Waals surface area contributed by atoms with Gasteiger partial charge in [0, 0.05) is 11.4 Å². The van der Waals surface area contributed by atoms with Crippen LogP contribution in [0.25, 0.3) is 16.6 Å². The van der Waals surface area contributed by atoms with Crippen LogP contribution in [-0.2, 0) is 14.8 Å². The number of aromatic nitrogens is 3. The van der Waals surface area contributed by atoms with Gasteiger partial charge in [-0.3, -0.25) is 4.72 Å². The molecule has 4 aromatic rings. The van der Waals surface area contributed by atoms with Crippen LogP contribution < -0.4 is 4.72 Å². The van der Waals surface area contributed by atoms with E-state index in [1.807, 2.05) is 0 Å². The molecule has 0 spiro atoms. The molecule has 3 heterocycles. The van der Waals surface area contributed by atoms with Crippen molar-refractivity contribution in [3.05, 3.63) is 65.4 Å². The number of esters is 1. The second kappa shape index (κ2) is 7.76. The topological polar surface area (TPSA) is 116 Å². The molecule has 4 rings (SSSR count). The van der Waals surface area contributed by atoms with Crippen molar-refractivity contribution in [1.82, 2.24) is 14.8 Å². The first kappa shape index (κ1) is 19.9. The van der Waals surface area contributed by atoms with Gasteiger partial charge in [-0.15, -0.1) is 11.3 Å². The number of nitrogens with zero attached hydrogens (tertiary/aromatic N) is 3. The molecule has 0 fully saturated rings. The van der Waals surface area contributed by atoms with Crippen molar-refractivity contribution in [3.63, 3.8) is 0 Å². The van der Waals surface area contributed by atoms with Crippen LogP contribution in [0.5, 0.6) is 0 Å². The molecule has 0 radical (unpaired) electrons. The number of carbonyl (C=O) groups excluding carboxylic acids is 1. The number of aryl methyl sites for hydroxylation is 1. The van der Waals surface area contributed by atoms with Gasteiger partial charge in [-0.1, -0.05) is 12.1 Å². The highest BCUT2D eigenvalue weighted by Gasteiger charge is 2.25. The van der Waals surface area contributed by atoms with Gasteiger partial charge in [0.05, 0.1) is 24.6 Å². The molecule has 1 aromatic carbocycles. The van der Waals surface area contributed by atoms with E-state index in [9.17, 15) is 13.2 Å². The maximum Gasteiger partial charge on any atom is 0.339 e. The molecule has 0 aliphatic heterocycles. The molecule has 11 heteroatoms. The van der Waals surface area contributed by atoms with Crippen molar-refractivity contribution >= 4 is 33.1 Å². The van der Waals surface area contributed by atoms with Crippen LogP contribution in [-0.4, -0.2) is 36.3 Å². The van der Waals surface area contributed by atoms with Crippen molar-refractivity contribution in [2.45, 2.75) is 11.8 Å². The van der Waals surface area contributed by atoms with Crippen LogP contribution in [0.4, 0.5) is 5.82 Å². The van der Waals surface area contributed by atoms with E-state index >= 15 is 0 Å². The fraction of sp³-hybridized carbons (Fsp3) is 0.105. The summed E-state index contributed by atoms with van der Waals surface area (Å²) in [6.45, 7) is 1.73. The van der Waals surface area contributed by atoms with E-state index in [4.69, 9.17) is 9.15 Å². The van der Waals surface area contributed by atoms with Crippen LogP contribution in [0.1, 0.15) is 16.1 Å². The molecule has 0 atom stereocenters. The highest BCUT2D eigenvalue weighted by Crippen LogP contribution is 2.28. The molecule has 9 nitrogen and oxygen atoms in total. The molecule has 0 aliphatic rings. The molecule has 0 bridgehead atoms. The predicted octanol–water partition coefficient (Wildman–Crippen LogP) is 3.48. The van der Waals surface area contributed by atoms with E-state index in [2.05, 4.69) is 14.8 Å². The van der Waals surface area contributed by atoms with Gasteiger partial charge in [0.25, 0.3) is 10.0 Å². The van der Waals surface area contributed by atoms with Gasteiger partial charge in [-0.05, 0) is 31.2 Å². The highest BCUT2D eigenvalue weighted by molar-refractivity contribution is 7.92. The Balaban J connectivity index is 1.71. The molecule has 0 saturated heterocycles. The normalized spacial score (nSPS) is 11.4. The number of anilines is 1. The molecule has 0 unspecified atom stereocenters. The smallest absolute Gasteiger partial charge is 0.339 e. The quantitative estimate of drug-likeness (QED) is 0.453. The molecule has 3 aromatic heterocycles. The first-order valence-electron chi connectivity index (χ1n) is 8.65. The number of ether oxygens (including phenoxy) is 1. The predicted molar refractivity (Wildman–Crippen MR) is 110 cm³/mol. The van der Waals surface area contributed by atoms with E-state index in [0.717, 1.165) is 0 Å². The molecule has 0 aliphatic carbocycles. The number of furan rings is 1. The van der Waals surface area contributed by atoms with Crippen molar-refractivity contribution in [2.24, 2.45) is 0 Å². The Hall–Kier alpha value is -3.44. The summed E-state index contributed by atoms with van der Waals surface area (Å²) >= 11 is 1.28. The summed E-state index contributed by atoms with van der Waals surface area (Å²) in [7, 11) is -2.91. The molecular formula is C19H16N4O5S2. The minimum absolute atomic E-state index is 0.0651. The summed E-state index contributed by atoms with van der Waals surface area (Å²) in [4.78, 5) is 16.3. The summed E-state index contributed by atoms with van der Waals surface area (Å²) in [5.74, 6) is 0.0340. The third-order valence-corrected chi connectivity index (χ3v) is 6.33. The van der Waals surface area contributed by atoms with Crippen molar-refractivity contribution in [1.29, 1.82) is 0 Å². The zero-order chi connectivity index (χ0) is 21.3. The summed E-state index contributed by atoms with van der Waals surface area (Å²) in [5, 5.41) is 6.58. The highest BCUT2D eigenvalue weighted by atomic mass is 32.2. The monoisotopic (exact) mass is 444 g/mol. The minimum Gasteiger partial charge on any atom is -0.465 e. The Kier molecular flexibility index (Phi) is 5.14. The van der Waals surface area contributed by atoms with Crippen molar-refractivity contribution in [3.8, 4) is 16.6 Å². The lowest BCUT2D eigenvalue weighted by Gasteiger charge is -2.11. The van der Waals surface area contributed by atoms with Crippen LogP contribution in [0.15, 0.2) is 63.4 Å². The molecule has 0 amide bonds. The third kappa shape index (κ3) is 3.72. The minimum atomic E-state index is -4.11. The fourth-order valence-corrected chi connectivity index (χ4v) is 4.79. The van der Waals surface area contributed by atoms with E-state index in [0.29, 0.717) is 22.3 Å². The average molecular weight is 444 g/mol. The van der Waals surface area contributed by atoms with E-state index in [-0.39, 0.29) is 16.3 Å². The number of nitrogens with one attached hydrogen (secondary N) is 1. The van der Waals surface area contributed by atoms with E-state index in [1.54, 1.807) is 42.8 Å². The SMILES string of the molecule is COC(=O)c1ccccc1S(=O)(=O)Nc1cc(C)nn1-c1nc(-c2ccco2)cs1. The Labute approximate surface area is 176 Å². The lowest BCUT2D eigenvalue weighted by molar-refractivity contribution is 0.0596. The first-order valence-corrected chi connectivity index (χ1v) is 11.0. The zero-order valence-electron chi connectivity index (χ0n) is 15.9. The Morgan fingerprint density at radius 2 is 2.03 bits per heavy atom. The van der Waals surface area contributed by atoms with Gasteiger partial charge in [0.15, 0.2) is 5.76 Å². The van der Waals surface area contributed by atoms with Crippen LogP contribution in [0, 0.1) is 6.92 Å². The number of thiazole rings is 1. The molecule has 30 heavy (non-hydrogen) atoms. The fourth-order valence-electron chi connectivity index (χ4n) is 2.79. The number of sulfonamides is 1. The van der Waals surface area contributed by atoms with Gasteiger partial charge in [-0.25, -0.2) is 18.2 Å². The second-order valence-corrected chi connectivity index (χ2v) is 8.66. The average Bonchev–Trinajstić information content (AvgIpc) is 3.47. The van der Waals surface area contributed by atoms with Crippen LogP contribution in [0.3, 0.4) is 0 Å². The summed E-state index contributed by atoms with van der Waals surface area (Å²) in [5.41, 5.74) is 1.13. The maximum atomic E-state index is 13.0. The third-order valence-electron chi connectivity index (χ3n) is 4.10. The van der Waals surface area contributed by atoms with E-state index < -0.39 is 16.0 Å². The first-order chi connectivity index (χ1) is 14.4. The van der Waals surface area contributed by atoms with Gasteiger partial charge in [0.2, 0.25) is 5.13 Å². The van der Waals surface area contributed by atoms with Crippen molar-refractivity contribution < 1.29 is 22.4 Å². The van der Waals surface area contributed by atoms with Gasteiger partial charge < -0.3 is 9.15 Å². The number of methoxy groups -OCH3 is 1. The Morgan fingerprint density at radius 3 is 2.77 bits per heavy atom. The van der Waals surface area contributed by atoms with E-state index in [1.165, 1.54) is 41.3 Å². The summed E-state index contributed by atoms with van der Waals surface area (Å²) in [6.07, 6.45) is 1.55. The van der Waals surface area contributed by atoms with Gasteiger partial charge in [-0.2, -0.15) is 9.78 Å². The van der Waals surface area contributed by atoms with Gasteiger partial charge >= 0.3 is 5.97 Å². The number of benzene rings is 1. The maximum absolute atomic E-state index is 13.0. The van der Waals surface area contributed by atoms with Crippen LogP contribution >= 0.6 is 11.3 Å². The molecule has 0 saturated carbocycles. The van der Waals surface area contributed by atoms with Gasteiger partial charge in [0.1, 0.15) is 16.4 Å². The Bertz CT molecular complexity index is 1310. The second-order valence-electron chi connectivity index (χ2n) is 6.17. The summed E-state index contributed by atoms with van der Waals surface area (Å²) in [6, 6.07) is 10.9. The lowest BCUT2D eigenvalue weighted by Crippen LogP contribution is -2.19. The van der Waals surface area contributed by atoms with Crippen molar-refractivity contribution in [2.75, 3.05) is 11.8 Å². The standard InChI is InChI=1S/C19H16N4O5S2/c1-12-10-17(22-30(25,26)16-8-4-3-6-13(16)18(24)27-2)23(21-12)19-20-14(11-29-19)15-7-5-9-28-15/h3-11,22H,1-2H3. The number of hydrogen-bond acceptors (Lipinski definition) is 8. The number of rotatable bonds is 6. The number of hydrogen-bond donors (Lipinski definition) is 1. The number of carbonyl (C=O) groups is 1. The zero-order valence-corrected chi connectivity index (χ0v) is 17.5. The molecule has 1 N–H and O–H groups in total.